The molecule has 0 bridgehead atoms. The van der Waals surface area contributed by atoms with Gasteiger partial charge >= 0.3 is 0 Å². The number of nitrogens with zero attached hydrogens (tertiary/aromatic N) is 2. The van der Waals surface area contributed by atoms with E-state index in [0.717, 1.165) is 5.69 Å². The zero-order valence-corrected chi connectivity index (χ0v) is 8.64. The van der Waals surface area contributed by atoms with Gasteiger partial charge in [0.25, 0.3) is 0 Å². The van der Waals surface area contributed by atoms with E-state index >= 15 is 0 Å². The average molecular weight is 192 g/mol. The monoisotopic (exact) mass is 192 g/mol. The van der Waals surface area contributed by atoms with Crippen LogP contribution in [-0.4, -0.2) is 19.8 Å². The Hall–Kier alpha value is -1.14. The van der Waals surface area contributed by atoms with E-state index in [1.54, 1.807) is 11.8 Å². The molecule has 1 aromatic rings. The first-order chi connectivity index (χ1) is 6.29. The van der Waals surface area contributed by atoms with Crippen molar-refractivity contribution in [2.24, 2.45) is 0 Å². The molecule has 0 heterocycles. The number of rotatable bonds is 3. The standard InChI is InChI=1S/C10H12N2S/c1-12(8-7-11)9-5-3-4-6-10(9)13-2/h3-6H,8H2,1-2H3. The van der Waals surface area contributed by atoms with Crippen molar-refractivity contribution in [2.75, 3.05) is 24.7 Å². The molecule has 0 fully saturated rings. The molecule has 0 radical (unpaired) electrons. The van der Waals surface area contributed by atoms with Gasteiger partial charge in [-0.15, -0.1) is 11.8 Å². The molecular weight excluding hydrogens is 180 g/mol. The molecule has 2 nitrogen and oxygen atoms in total. The number of hydrogen-bond acceptors (Lipinski definition) is 3. The Morgan fingerprint density at radius 3 is 2.77 bits per heavy atom. The molecule has 0 aromatic heterocycles. The fourth-order valence-corrected chi connectivity index (χ4v) is 1.78. The number of thioether (sulfide) groups is 1. The summed E-state index contributed by atoms with van der Waals surface area (Å²) < 4.78 is 0. The van der Waals surface area contributed by atoms with Crippen molar-refractivity contribution < 1.29 is 0 Å². The molecule has 0 amide bonds. The van der Waals surface area contributed by atoms with Crippen LogP contribution in [0.15, 0.2) is 29.2 Å². The van der Waals surface area contributed by atoms with Crippen molar-refractivity contribution in [1.82, 2.24) is 0 Å². The van der Waals surface area contributed by atoms with Crippen molar-refractivity contribution in [2.45, 2.75) is 4.90 Å². The maximum absolute atomic E-state index is 8.56. The zero-order valence-electron chi connectivity index (χ0n) is 7.82. The summed E-state index contributed by atoms with van der Waals surface area (Å²) >= 11 is 1.70. The summed E-state index contributed by atoms with van der Waals surface area (Å²) in [5, 5.41) is 8.56. The molecule has 1 aromatic carbocycles. The molecule has 13 heavy (non-hydrogen) atoms. The molecule has 0 aliphatic carbocycles. The van der Waals surface area contributed by atoms with Gasteiger partial charge in [-0.1, -0.05) is 12.1 Å². The molecule has 3 heteroatoms. The van der Waals surface area contributed by atoms with Crippen LogP contribution >= 0.6 is 11.8 Å². The second kappa shape index (κ2) is 4.78. The average Bonchev–Trinajstić information content (AvgIpc) is 2.18. The summed E-state index contributed by atoms with van der Waals surface area (Å²) in [5.41, 5.74) is 1.12. The van der Waals surface area contributed by atoms with Crippen molar-refractivity contribution >= 4 is 17.4 Å². The Balaban J connectivity index is 2.93. The van der Waals surface area contributed by atoms with E-state index in [-0.39, 0.29) is 0 Å². The first-order valence-electron chi connectivity index (χ1n) is 4.00. The minimum absolute atomic E-state index is 0.428. The highest BCUT2D eigenvalue weighted by Gasteiger charge is 2.04. The Morgan fingerprint density at radius 1 is 1.46 bits per heavy atom. The van der Waals surface area contributed by atoms with Crippen LogP contribution < -0.4 is 4.90 Å². The Labute approximate surface area is 83.2 Å². The molecule has 68 valence electrons. The number of hydrogen-bond donors (Lipinski definition) is 0. The van der Waals surface area contributed by atoms with Gasteiger partial charge in [0.15, 0.2) is 0 Å². The Morgan fingerprint density at radius 2 is 2.15 bits per heavy atom. The van der Waals surface area contributed by atoms with E-state index in [4.69, 9.17) is 5.26 Å². The maximum atomic E-state index is 8.56. The lowest BCUT2D eigenvalue weighted by molar-refractivity contribution is 1.02. The van der Waals surface area contributed by atoms with Crippen molar-refractivity contribution in [3.63, 3.8) is 0 Å². The molecule has 0 atom stereocenters. The van der Waals surface area contributed by atoms with Crippen molar-refractivity contribution in [3.05, 3.63) is 24.3 Å². The van der Waals surface area contributed by atoms with Gasteiger partial charge in [0, 0.05) is 11.9 Å². The third-order valence-corrected chi connectivity index (χ3v) is 2.59. The molecule has 1 rings (SSSR count). The first kappa shape index (κ1) is 9.94. The largest absolute Gasteiger partial charge is 0.360 e. The lowest BCUT2D eigenvalue weighted by Gasteiger charge is -2.17. The van der Waals surface area contributed by atoms with Crippen LogP contribution in [0.5, 0.6) is 0 Å². The minimum atomic E-state index is 0.428. The van der Waals surface area contributed by atoms with Crippen LogP contribution in [0.4, 0.5) is 5.69 Å². The number of benzene rings is 1. The minimum Gasteiger partial charge on any atom is -0.360 e. The Bertz CT molecular complexity index is 317. The third kappa shape index (κ3) is 2.40. The second-order valence-electron chi connectivity index (χ2n) is 2.69. The first-order valence-corrected chi connectivity index (χ1v) is 5.23. The third-order valence-electron chi connectivity index (χ3n) is 1.80. The van der Waals surface area contributed by atoms with E-state index in [9.17, 15) is 0 Å². The number of anilines is 1. The van der Waals surface area contributed by atoms with Gasteiger partial charge in [-0.05, 0) is 18.4 Å². The van der Waals surface area contributed by atoms with Crippen LogP contribution in [0, 0.1) is 11.3 Å². The molecule has 0 spiro atoms. The van der Waals surface area contributed by atoms with Gasteiger partial charge in [-0.3, -0.25) is 0 Å². The van der Waals surface area contributed by atoms with Crippen LogP contribution in [0.1, 0.15) is 0 Å². The van der Waals surface area contributed by atoms with Crippen LogP contribution in [-0.2, 0) is 0 Å². The smallest absolute Gasteiger partial charge is 0.105 e. The van der Waals surface area contributed by atoms with Crippen LogP contribution in [0.3, 0.4) is 0 Å². The summed E-state index contributed by atoms with van der Waals surface area (Å²) in [4.78, 5) is 3.16. The highest BCUT2D eigenvalue weighted by molar-refractivity contribution is 7.98. The quantitative estimate of drug-likeness (QED) is 0.543. The molecule has 0 unspecified atom stereocenters. The fraction of sp³-hybridized carbons (Fsp3) is 0.300. The van der Waals surface area contributed by atoms with Gasteiger partial charge in [0.05, 0.1) is 11.8 Å². The van der Waals surface area contributed by atoms with E-state index in [0.29, 0.717) is 6.54 Å². The maximum Gasteiger partial charge on any atom is 0.105 e. The summed E-state index contributed by atoms with van der Waals surface area (Å²) in [6.07, 6.45) is 2.04. The van der Waals surface area contributed by atoms with Crippen LogP contribution in [0.25, 0.3) is 0 Å². The van der Waals surface area contributed by atoms with E-state index in [2.05, 4.69) is 12.1 Å². The van der Waals surface area contributed by atoms with Gasteiger partial charge in [-0.2, -0.15) is 5.26 Å². The molecule has 0 saturated carbocycles. The lowest BCUT2D eigenvalue weighted by atomic mass is 10.3. The molecule has 0 aliphatic rings. The predicted molar refractivity (Wildman–Crippen MR) is 57.1 cm³/mol. The number of nitriles is 1. The lowest BCUT2D eigenvalue weighted by Crippen LogP contribution is -2.17. The highest BCUT2D eigenvalue weighted by Crippen LogP contribution is 2.26. The van der Waals surface area contributed by atoms with Crippen molar-refractivity contribution in [1.29, 1.82) is 5.26 Å². The highest BCUT2D eigenvalue weighted by atomic mass is 32.2. The second-order valence-corrected chi connectivity index (χ2v) is 3.53. The molecule has 0 saturated heterocycles. The van der Waals surface area contributed by atoms with E-state index in [1.165, 1.54) is 4.90 Å². The fourth-order valence-electron chi connectivity index (χ4n) is 1.14. The van der Waals surface area contributed by atoms with Gasteiger partial charge in [0.2, 0.25) is 0 Å². The zero-order chi connectivity index (χ0) is 9.68. The summed E-state index contributed by atoms with van der Waals surface area (Å²) in [7, 11) is 1.93. The van der Waals surface area contributed by atoms with E-state index in [1.807, 2.05) is 36.4 Å². The van der Waals surface area contributed by atoms with Gasteiger partial charge in [0.1, 0.15) is 6.54 Å². The number of para-hydroxylation sites is 1. The summed E-state index contributed by atoms with van der Waals surface area (Å²) in [5.74, 6) is 0. The Kier molecular flexibility index (Phi) is 3.66. The topological polar surface area (TPSA) is 27.0 Å². The van der Waals surface area contributed by atoms with Gasteiger partial charge in [-0.25, -0.2) is 0 Å². The predicted octanol–water partition coefficient (Wildman–Crippen LogP) is 2.37. The van der Waals surface area contributed by atoms with Crippen molar-refractivity contribution in [3.8, 4) is 6.07 Å². The van der Waals surface area contributed by atoms with E-state index < -0.39 is 0 Å². The molecule has 0 N–H and O–H groups in total. The van der Waals surface area contributed by atoms with Crippen LogP contribution in [0.2, 0.25) is 0 Å². The summed E-state index contributed by atoms with van der Waals surface area (Å²) in [6.45, 7) is 0.428. The SMILES string of the molecule is CSc1ccccc1N(C)CC#N. The summed E-state index contributed by atoms with van der Waals surface area (Å²) in [6, 6.07) is 10.2. The normalized spacial score (nSPS) is 9.31. The van der Waals surface area contributed by atoms with Gasteiger partial charge < -0.3 is 4.90 Å². The molecule has 0 aliphatic heterocycles. The molecular formula is C10H12N2S.